The molecule has 0 heterocycles. The van der Waals surface area contributed by atoms with Gasteiger partial charge >= 0.3 is 0 Å². The highest BCUT2D eigenvalue weighted by molar-refractivity contribution is 7.89. The quantitative estimate of drug-likeness (QED) is 0.786. The van der Waals surface area contributed by atoms with E-state index in [1.54, 1.807) is 26.4 Å². The highest BCUT2D eigenvalue weighted by atomic mass is 32.2. The van der Waals surface area contributed by atoms with E-state index in [0.717, 1.165) is 22.4 Å². The first-order chi connectivity index (χ1) is 12.2. The summed E-state index contributed by atoms with van der Waals surface area (Å²) < 4.78 is 38.7. The van der Waals surface area contributed by atoms with Crippen LogP contribution >= 0.6 is 0 Å². The summed E-state index contributed by atoms with van der Waals surface area (Å²) in [6.07, 6.45) is 0. The van der Waals surface area contributed by atoms with Crippen LogP contribution in [0.4, 0.5) is 0 Å². The van der Waals surface area contributed by atoms with Crippen molar-refractivity contribution in [2.75, 3.05) is 14.2 Å². The van der Waals surface area contributed by atoms with Gasteiger partial charge < -0.3 is 9.47 Å². The van der Waals surface area contributed by atoms with Gasteiger partial charge in [0.2, 0.25) is 10.0 Å². The molecular formula is C20H27NO4S. The Kier molecular flexibility index (Phi) is 6.31. The number of methoxy groups -OCH3 is 2. The van der Waals surface area contributed by atoms with Crippen molar-refractivity contribution in [1.82, 2.24) is 4.72 Å². The third kappa shape index (κ3) is 4.37. The van der Waals surface area contributed by atoms with E-state index in [-0.39, 0.29) is 16.9 Å². The summed E-state index contributed by atoms with van der Waals surface area (Å²) >= 11 is 0. The van der Waals surface area contributed by atoms with E-state index in [0.29, 0.717) is 5.75 Å². The molecule has 0 fully saturated rings. The molecule has 0 aliphatic heterocycles. The summed E-state index contributed by atoms with van der Waals surface area (Å²) in [5.74, 6) is 1.71. The van der Waals surface area contributed by atoms with E-state index in [9.17, 15) is 8.42 Å². The SMILES string of the molecule is COc1ccc(S(=O)(=O)N[C@@H](C)c2cc(C(C)C)c(OC)cc2C)cc1. The molecule has 0 aliphatic carbocycles. The van der Waals surface area contributed by atoms with Gasteiger partial charge in [-0.1, -0.05) is 13.8 Å². The van der Waals surface area contributed by atoms with Gasteiger partial charge in [-0.15, -0.1) is 0 Å². The van der Waals surface area contributed by atoms with Gasteiger partial charge in [-0.2, -0.15) is 0 Å². The monoisotopic (exact) mass is 377 g/mol. The fourth-order valence-electron chi connectivity index (χ4n) is 2.93. The van der Waals surface area contributed by atoms with Gasteiger partial charge in [0.1, 0.15) is 11.5 Å². The second-order valence-electron chi connectivity index (χ2n) is 6.62. The Morgan fingerprint density at radius 3 is 2.04 bits per heavy atom. The summed E-state index contributed by atoms with van der Waals surface area (Å²) in [7, 11) is -0.442. The number of benzene rings is 2. The minimum atomic E-state index is -3.63. The van der Waals surface area contributed by atoms with Crippen LogP contribution in [-0.2, 0) is 10.0 Å². The molecule has 0 aromatic heterocycles. The third-order valence-electron chi connectivity index (χ3n) is 4.41. The van der Waals surface area contributed by atoms with E-state index >= 15 is 0 Å². The summed E-state index contributed by atoms with van der Waals surface area (Å²) in [6, 6.07) is 9.96. The third-order valence-corrected chi connectivity index (χ3v) is 5.97. The van der Waals surface area contributed by atoms with E-state index in [4.69, 9.17) is 9.47 Å². The average molecular weight is 378 g/mol. The van der Waals surface area contributed by atoms with Crippen molar-refractivity contribution >= 4 is 10.0 Å². The zero-order valence-electron chi connectivity index (χ0n) is 16.2. The topological polar surface area (TPSA) is 64.6 Å². The molecule has 1 N–H and O–H groups in total. The van der Waals surface area contributed by atoms with Crippen LogP contribution in [0.3, 0.4) is 0 Å². The number of hydrogen-bond donors (Lipinski definition) is 1. The maximum Gasteiger partial charge on any atom is 0.241 e. The number of hydrogen-bond acceptors (Lipinski definition) is 4. The first-order valence-electron chi connectivity index (χ1n) is 8.54. The van der Waals surface area contributed by atoms with Gasteiger partial charge in [-0.05, 0) is 72.9 Å². The van der Waals surface area contributed by atoms with Crippen LogP contribution in [0.5, 0.6) is 11.5 Å². The second-order valence-corrected chi connectivity index (χ2v) is 8.34. The number of ether oxygens (including phenoxy) is 2. The molecule has 0 saturated heterocycles. The van der Waals surface area contributed by atoms with Crippen LogP contribution in [0, 0.1) is 6.92 Å². The minimum absolute atomic E-state index is 0.209. The van der Waals surface area contributed by atoms with E-state index < -0.39 is 10.0 Å². The van der Waals surface area contributed by atoms with Crippen LogP contribution < -0.4 is 14.2 Å². The lowest BCUT2D eigenvalue weighted by Crippen LogP contribution is -2.27. The smallest absolute Gasteiger partial charge is 0.241 e. The maximum atomic E-state index is 12.7. The number of rotatable bonds is 7. The van der Waals surface area contributed by atoms with Crippen LogP contribution in [0.25, 0.3) is 0 Å². The standard InChI is InChI=1S/C20H27NO4S/c1-13(2)18-12-19(14(3)11-20(18)25-6)15(4)21-26(22,23)17-9-7-16(24-5)8-10-17/h7-13,15,21H,1-6H3/t15-/m0/s1. The molecule has 1 atom stereocenters. The van der Waals surface area contributed by atoms with Crippen LogP contribution in [0.15, 0.2) is 41.3 Å². The van der Waals surface area contributed by atoms with Crippen molar-refractivity contribution in [2.45, 2.75) is 44.6 Å². The molecule has 5 nitrogen and oxygen atoms in total. The molecule has 0 radical (unpaired) electrons. The number of aryl methyl sites for hydroxylation is 1. The number of sulfonamides is 1. The molecule has 0 saturated carbocycles. The largest absolute Gasteiger partial charge is 0.497 e. The number of nitrogens with one attached hydrogen (secondary N) is 1. The van der Waals surface area contributed by atoms with E-state index in [2.05, 4.69) is 18.6 Å². The first-order valence-corrected chi connectivity index (χ1v) is 10.0. The highest BCUT2D eigenvalue weighted by Crippen LogP contribution is 2.32. The fourth-order valence-corrected chi connectivity index (χ4v) is 4.15. The zero-order chi connectivity index (χ0) is 19.5. The van der Waals surface area contributed by atoms with Crippen molar-refractivity contribution in [3.05, 3.63) is 53.1 Å². The lowest BCUT2D eigenvalue weighted by molar-refractivity contribution is 0.406. The van der Waals surface area contributed by atoms with Crippen molar-refractivity contribution in [2.24, 2.45) is 0 Å². The predicted octanol–water partition coefficient (Wildman–Crippen LogP) is 4.18. The van der Waals surface area contributed by atoms with Crippen LogP contribution in [-0.4, -0.2) is 22.6 Å². The van der Waals surface area contributed by atoms with Gasteiger partial charge in [0.05, 0.1) is 19.1 Å². The molecule has 6 heteroatoms. The zero-order valence-corrected chi connectivity index (χ0v) is 17.0. The second kappa shape index (κ2) is 8.10. The molecule has 0 spiro atoms. The molecule has 2 rings (SSSR count). The Morgan fingerprint density at radius 1 is 0.923 bits per heavy atom. The Labute approximate surface area is 156 Å². The molecule has 0 bridgehead atoms. The Morgan fingerprint density at radius 2 is 1.54 bits per heavy atom. The Balaban J connectivity index is 2.33. The summed E-state index contributed by atoms with van der Waals surface area (Å²) in [5, 5.41) is 0. The molecule has 26 heavy (non-hydrogen) atoms. The summed E-state index contributed by atoms with van der Waals surface area (Å²) in [4.78, 5) is 0.209. The fraction of sp³-hybridized carbons (Fsp3) is 0.400. The lowest BCUT2D eigenvalue weighted by Gasteiger charge is -2.21. The molecule has 0 aliphatic rings. The molecule has 142 valence electrons. The van der Waals surface area contributed by atoms with Gasteiger partial charge in [-0.3, -0.25) is 0 Å². The predicted molar refractivity (Wildman–Crippen MR) is 104 cm³/mol. The van der Waals surface area contributed by atoms with Gasteiger partial charge in [0, 0.05) is 6.04 Å². The van der Waals surface area contributed by atoms with Gasteiger partial charge in [-0.25, -0.2) is 13.1 Å². The Hall–Kier alpha value is -2.05. The average Bonchev–Trinajstić information content (AvgIpc) is 2.60. The maximum absolute atomic E-state index is 12.7. The van der Waals surface area contributed by atoms with E-state index in [1.807, 2.05) is 26.0 Å². The highest BCUT2D eigenvalue weighted by Gasteiger charge is 2.21. The minimum Gasteiger partial charge on any atom is -0.497 e. The lowest BCUT2D eigenvalue weighted by atomic mass is 9.94. The van der Waals surface area contributed by atoms with Crippen LogP contribution in [0.2, 0.25) is 0 Å². The normalized spacial score (nSPS) is 12.9. The van der Waals surface area contributed by atoms with Crippen LogP contribution in [0.1, 0.15) is 49.4 Å². The molecule has 0 unspecified atom stereocenters. The van der Waals surface area contributed by atoms with Crippen molar-refractivity contribution in [3.8, 4) is 11.5 Å². The molecule has 2 aromatic carbocycles. The summed E-state index contributed by atoms with van der Waals surface area (Å²) in [5.41, 5.74) is 2.98. The van der Waals surface area contributed by atoms with E-state index in [1.165, 1.54) is 12.1 Å². The molecule has 2 aromatic rings. The Bertz CT molecular complexity index is 858. The van der Waals surface area contributed by atoms with Gasteiger partial charge in [0.15, 0.2) is 0 Å². The first kappa shape index (κ1) is 20.3. The molecule has 0 amide bonds. The van der Waals surface area contributed by atoms with Crippen molar-refractivity contribution in [3.63, 3.8) is 0 Å². The van der Waals surface area contributed by atoms with Crippen molar-refractivity contribution in [1.29, 1.82) is 0 Å². The van der Waals surface area contributed by atoms with Crippen molar-refractivity contribution < 1.29 is 17.9 Å². The summed E-state index contributed by atoms with van der Waals surface area (Å²) in [6.45, 7) is 7.98. The molecular weight excluding hydrogens is 350 g/mol. The van der Waals surface area contributed by atoms with Gasteiger partial charge in [0.25, 0.3) is 0 Å².